The van der Waals surface area contributed by atoms with Crippen molar-refractivity contribution in [2.45, 2.75) is 6.61 Å². The van der Waals surface area contributed by atoms with Crippen molar-refractivity contribution in [3.63, 3.8) is 0 Å². The van der Waals surface area contributed by atoms with E-state index in [-0.39, 0.29) is 5.91 Å². The van der Waals surface area contributed by atoms with E-state index in [2.05, 4.69) is 5.32 Å². The summed E-state index contributed by atoms with van der Waals surface area (Å²) in [6.45, 7) is 1.20. The summed E-state index contributed by atoms with van der Waals surface area (Å²) in [7, 11) is 0. The SMILES string of the molecule is O=C(Nc1ccccc1OCc1ccccc1)c1cccc(OCCOc2ccccc2)c1. The minimum absolute atomic E-state index is 0.239. The highest BCUT2D eigenvalue weighted by Crippen LogP contribution is 2.26. The van der Waals surface area contributed by atoms with Gasteiger partial charge in [-0.3, -0.25) is 4.79 Å². The summed E-state index contributed by atoms with van der Waals surface area (Å²) in [4.78, 5) is 12.9. The van der Waals surface area contributed by atoms with Crippen molar-refractivity contribution in [3.8, 4) is 17.2 Å². The van der Waals surface area contributed by atoms with Crippen LogP contribution < -0.4 is 19.5 Å². The van der Waals surface area contributed by atoms with Gasteiger partial charge in [0.2, 0.25) is 0 Å². The minimum atomic E-state index is -0.239. The average Bonchev–Trinajstić information content (AvgIpc) is 2.87. The lowest BCUT2D eigenvalue weighted by atomic mass is 10.2. The van der Waals surface area contributed by atoms with Gasteiger partial charge in [0, 0.05) is 5.56 Å². The number of hydrogen-bond acceptors (Lipinski definition) is 4. The molecule has 4 aromatic rings. The van der Waals surface area contributed by atoms with Crippen LogP contribution in [0.3, 0.4) is 0 Å². The van der Waals surface area contributed by atoms with Gasteiger partial charge in [-0.05, 0) is 48.0 Å². The molecule has 1 N–H and O–H groups in total. The predicted molar refractivity (Wildman–Crippen MR) is 129 cm³/mol. The number of benzene rings is 4. The third kappa shape index (κ3) is 6.61. The highest BCUT2D eigenvalue weighted by atomic mass is 16.5. The molecular formula is C28H25NO4. The zero-order valence-electron chi connectivity index (χ0n) is 18.1. The van der Waals surface area contributed by atoms with Crippen LogP contribution >= 0.6 is 0 Å². The van der Waals surface area contributed by atoms with Crippen LogP contribution in [0.2, 0.25) is 0 Å². The van der Waals surface area contributed by atoms with E-state index in [1.54, 1.807) is 18.2 Å². The van der Waals surface area contributed by atoms with Crippen LogP contribution in [-0.4, -0.2) is 19.1 Å². The van der Waals surface area contributed by atoms with Crippen LogP contribution in [0.25, 0.3) is 0 Å². The lowest BCUT2D eigenvalue weighted by Gasteiger charge is -2.13. The quantitative estimate of drug-likeness (QED) is 0.309. The van der Waals surface area contributed by atoms with Crippen molar-refractivity contribution in [2.24, 2.45) is 0 Å². The number of para-hydroxylation sites is 3. The van der Waals surface area contributed by atoms with Gasteiger partial charge in [0.25, 0.3) is 5.91 Å². The second-order valence-electron chi connectivity index (χ2n) is 7.26. The van der Waals surface area contributed by atoms with Crippen molar-refractivity contribution >= 4 is 11.6 Å². The Morgan fingerprint density at radius 2 is 1.27 bits per heavy atom. The largest absolute Gasteiger partial charge is 0.490 e. The Hall–Kier alpha value is -4.25. The monoisotopic (exact) mass is 439 g/mol. The molecule has 0 aromatic heterocycles. The molecule has 0 aliphatic carbocycles. The molecule has 0 saturated carbocycles. The van der Waals surface area contributed by atoms with E-state index in [1.165, 1.54) is 0 Å². The molecule has 33 heavy (non-hydrogen) atoms. The van der Waals surface area contributed by atoms with Gasteiger partial charge in [0.05, 0.1) is 5.69 Å². The maximum atomic E-state index is 12.9. The normalized spacial score (nSPS) is 10.3. The number of hydrogen-bond donors (Lipinski definition) is 1. The summed E-state index contributed by atoms with van der Waals surface area (Å²) < 4.78 is 17.3. The fourth-order valence-corrected chi connectivity index (χ4v) is 3.19. The standard InChI is InChI=1S/C28H25NO4/c30-28(29-26-16-7-8-17-27(26)33-21-22-10-3-1-4-11-22)23-12-9-15-25(20-23)32-19-18-31-24-13-5-2-6-14-24/h1-17,20H,18-19,21H2,(H,29,30). The van der Waals surface area contributed by atoms with Crippen LogP contribution in [0.15, 0.2) is 109 Å². The molecule has 0 saturated heterocycles. The lowest BCUT2D eigenvalue weighted by Crippen LogP contribution is -2.13. The van der Waals surface area contributed by atoms with Crippen molar-refractivity contribution in [3.05, 3.63) is 120 Å². The first-order valence-electron chi connectivity index (χ1n) is 10.8. The topological polar surface area (TPSA) is 56.8 Å². The molecule has 5 nitrogen and oxygen atoms in total. The summed E-state index contributed by atoms with van der Waals surface area (Å²) in [6, 6.07) is 33.9. The molecule has 0 bridgehead atoms. The second-order valence-corrected chi connectivity index (χ2v) is 7.26. The van der Waals surface area contributed by atoms with E-state index in [1.807, 2.05) is 91.0 Å². The fraction of sp³-hybridized carbons (Fsp3) is 0.107. The van der Waals surface area contributed by atoms with E-state index in [0.717, 1.165) is 11.3 Å². The third-order valence-electron chi connectivity index (χ3n) is 4.83. The fourth-order valence-electron chi connectivity index (χ4n) is 3.19. The highest BCUT2D eigenvalue weighted by Gasteiger charge is 2.11. The Morgan fingerprint density at radius 3 is 2.06 bits per heavy atom. The average molecular weight is 440 g/mol. The zero-order valence-corrected chi connectivity index (χ0v) is 18.1. The molecule has 0 atom stereocenters. The molecule has 166 valence electrons. The van der Waals surface area contributed by atoms with E-state index in [9.17, 15) is 4.79 Å². The Morgan fingerprint density at radius 1 is 0.636 bits per heavy atom. The molecule has 4 rings (SSSR count). The van der Waals surface area contributed by atoms with Gasteiger partial charge >= 0.3 is 0 Å². The summed E-state index contributed by atoms with van der Waals surface area (Å²) in [6.07, 6.45) is 0. The van der Waals surface area contributed by atoms with Crippen LogP contribution in [0.1, 0.15) is 15.9 Å². The first-order chi connectivity index (χ1) is 16.3. The van der Waals surface area contributed by atoms with Gasteiger partial charge in [0.1, 0.15) is 37.1 Å². The van der Waals surface area contributed by atoms with Gasteiger partial charge in [-0.25, -0.2) is 0 Å². The molecule has 5 heteroatoms. The number of anilines is 1. The van der Waals surface area contributed by atoms with Gasteiger partial charge < -0.3 is 19.5 Å². The Kier molecular flexibility index (Phi) is 7.58. The van der Waals surface area contributed by atoms with Crippen molar-refractivity contribution < 1.29 is 19.0 Å². The number of rotatable bonds is 10. The summed E-state index contributed by atoms with van der Waals surface area (Å²) >= 11 is 0. The number of ether oxygens (including phenoxy) is 3. The molecule has 0 spiro atoms. The Balaban J connectivity index is 1.33. The van der Waals surface area contributed by atoms with E-state index < -0.39 is 0 Å². The van der Waals surface area contributed by atoms with Gasteiger partial charge in [0.15, 0.2) is 0 Å². The van der Waals surface area contributed by atoms with Crippen LogP contribution in [-0.2, 0) is 6.61 Å². The van der Waals surface area contributed by atoms with Gasteiger partial charge in [-0.2, -0.15) is 0 Å². The zero-order chi connectivity index (χ0) is 22.7. The molecule has 0 aliphatic heterocycles. The summed E-state index contributed by atoms with van der Waals surface area (Å²) in [5.41, 5.74) is 2.16. The number of amides is 1. The third-order valence-corrected chi connectivity index (χ3v) is 4.83. The van der Waals surface area contributed by atoms with Gasteiger partial charge in [-0.15, -0.1) is 0 Å². The molecule has 0 aliphatic rings. The Bertz CT molecular complexity index is 1160. The first kappa shape index (κ1) is 22.0. The molecule has 4 aromatic carbocycles. The number of carbonyl (C=O) groups is 1. The lowest BCUT2D eigenvalue weighted by molar-refractivity contribution is 0.102. The second kappa shape index (κ2) is 11.4. The van der Waals surface area contributed by atoms with Gasteiger partial charge in [-0.1, -0.05) is 66.7 Å². The van der Waals surface area contributed by atoms with Crippen molar-refractivity contribution in [1.82, 2.24) is 0 Å². The molecule has 0 radical (unpaired) electrons. The molecule has 1 amide bonds. The number of carbonyl (C=O) groups excluding carboxylic acids is 1. The van der Waals surface area contributed by atoms with E-state index in [0.29, 0.717) is 42.6 Å². The molecule has 0 fully saturated rings. The smallest absolute Gasteiger partial charge is 0.255 e. The van der Waals surface area contributed by atoms with Crippen LogP contribution in [0, 0.1) is 0 Å². The highest BCUT2D eigenvalue weighted by molar-refractivity contribution is 6.05. The van der Waals surface area contributed by atoms with E-state index in [4.69, 9.17) is 14.2 Å². The Labute approximate surface area is 193 Å². The van der Waals surface area contributed by atoms with Crippen LogP contribution in [0.4, 0.5) is 5.69 Å². The molecule has 0 heterocycles. The molecule has 0 unspecified atom stereocenters. The van der Waals surface area contributed by atoms with Crippen LogP contribution in [0.5, 0.6) is 17.2 Å². The molecular weight excluding hydrogens is 414 g/mol. The first-order valence-corrected chi connectivity index (χ1v) is 10.8. The van der Waals surface area contributed by atoms with Crippen molar-refractivity contribution in [2.75, 3.05) is 18.5 Å². The summed E-state index contributed by atoms with van der Waals surface area (Å²) in [5.74, 6) is 1.77. The maximum Gasteiger partial charge on any atom is 0.255 e. The minimum Gasteiger partial charge on any atom is -0.490 e. The number of nitrogens with one attached hydrogen (secondary N) is 1. The summed E-state index contributed by atoms with van der Waals surface area (Å²) in [5, 5.41) is 2.93. The van der Waals surface area contributed by atoms with Crippen molar-refractivity contribution in [1.29, 1.82) is 0 Å². The van der Waals surface area contributed by atoms with E-state index >= 15 is 0 Å². The predicted octanol–water partition coefficient (Wildman–Crippen LogP) is 5.98. The maximum absolute atomic E-state index is 12.9.